The average molecular weight is 224 g/mol. The van der Waals surface area contributed by atoms with Gasteiger partial charge in [-0.05, 0) is 55.1 Å². The molecule has 0 aliphatic carbocycles. The molecule has 2 rings (SSSR count). The Kier molecular flexibility index (Phi) is 3.78. The van der Waals surface area contributed by atoms with Crippen molar-refractivity contribution in [1.82, 2.24) is 4.90 Å². The normalized spacial score (nSPS) is 28.1. The van der Waals surface area contributed by atoms with Crippen LogP contribution in [-0.2, 0) is 6.42 Å². The lowest BCUT2D eigenvalue weighted by Gasteiger charge is -2.36. The second-order valence-electron chi connectivity index (χ2n) is 4.55. The van der Waals surface area contributed by atoms with E-state index in [1.807, 2.05) is 0 Å². The zero-order valence-corrected chi connectivity index (χ0v) is 10.2. The van der Waals surface area contributed by atoms with Gasteiger partial charge in [-0.2, -0.15) is 11.3 Å². The molecule has 84 valence electrons. The molecule has 2 N–H and O–H groups in total. The van der Waals surface area contributed by atoms with Gasteiger partial charge in [0.1, 0.15) is 0 Å². The molecular formula is C12H20N2S. The minimum atomic E-state index is 0.428. The lowest BCUT2D eigenvalue weighted by Crippen LogP contribution is -2.46. The number of hydrogen-bond donors (Lipinski definition) is 1. The van der Waals surface area contributed by atoms with Crippen LogP contribution in [0.3, 0.4) is 0 Å². The van der Waals surface area contributed by atoms with E-state index < -0.39 is 0 Å². The number of rotatable bonds is 3. The minimum absolute atomic E-state index is 0.428. The van der Waals surface area contributed by atoms with Gasteiger partial charge in [0.2, 0.25) is 0 Å². The second-order valence-corrected chi connectivity index (χ2v) is 5.33. The monoisotopic (exact) mass is 224 g/mol. The zero-order valence-electron chi connectivity index (χ0n) is 9.36. The molecule has 15 heavy (non-hydrogen) atoms. The Balaban J connectivity index is 1.79. The fourth-order valence-electron chi connectivity index (χ4n) is 2.30. The van der Waals surface area contributed by atoms with Crippen LogP contribution in [0.25, 0.3) is 0 Å². The van der Waals surface area contributed by atoms with E-state index in [0.29, 0.717) is 12.1 Å². The lowest BCUT2D eigenvalue weighted by atomic mass is 9.99. The standard InChI is InChI=1S/C12H20N2S/c1-10-8-12(13)3-6-14(10)5-2-11-4-7-15-9-11/h4,7,9-10,12H,2-3,5-6,8,13H2,1H3. The molecule has 1 aliphatic heterocycles. The van der Waals surface area contributed by atoms with Crippen molar-refractivity contribution in [2.45, 2.75) is 38.3 Å². The maximum atomic E-state index is 5.95. The van der Waals surface area contributed by atoms with Gasteiger partial charge in [0.05, 0.1) is 0 Å². The molecular weight excluding hydrogens is 204 g/mol. The van der Waals surface area contributed by atoms with E-state index in [0.717, 1.165) is 12.8 Å². The number of piperidine rings is 1. The summed E-state index contributed by atoms with van der Waals surface area (Å²) in [6, 6.07) is 3.31. The summed E-state index contributed by atoms with van der Waals surface area (Å²) in [6.07, 6.45) is 3.50. The second kappa shape index (κ2) is 5.10. The van der Waals surface area contributed by atoms with E-state index in [2.05, 4.69) is 28.7 Å². The van der Waals surface area contributed by atoms with Crippen LogP contribution in [0.5, 0.6) is 0 Å². The van der Waals surface area contributed by atoms with Crippen LogP contribution in [0, 0.1) is 0 Å². The predicted molar refractivity (Wildman–Crippen MR) is 66.3 cm³/mol. The van der Waals surface area contributed by atoms with Crippen molar-refractivity contribution in [3.05, 3.63) is 22.4 Å². The van der Waals surface area contributed by atoms with Crippen molar-refractivity contribution in [3.63, 3.8) is 0 Å². The lowest BCUT2D eigenvalue weighted by molar-refractivity contribution is 0.149. The maximum Gasteiger partial charge on any atom is 0.00818 e. The number of thiophene rings is 1. The molecule has 0 bridgehead atoms. The van der Waals surface area contributed by atoms with Gasteiger partial charge in [0.15, 0.2) is 0 Å². The smallest absolute Gasteiger partial charge is 0.00818 e. The highest BCUT2D eigenvalue weighted by Gasteiger charge is 2.22. The minimum Gasteiger partial charge on any atom is -0.328 e. The average Bonchev–Trinajstić information content (AvgIpc) is 2.69. The molecule has 0 amide bonds. The Labute approximate surface area is 96.1 Å². The topological polar surface area (TPSA) is 29.3 Å². The van der Waals surface area contributed by atoms with Crippen molar-refractivity contribution in [3.8, 4) is 0 Å². The van der Waals surface area contributed by atoms with Crippen LogP contribution in [0.2, 0.25) is 0 Å². The highest BCUT2D eigenvalue weighted by Crippen LogP contribution is 2.16. The summed E-state index contributed by atoms with van der Waals surface area (Å²) >= 11 is 1.79. The fraction of sp³-hybridized carbons (Fsp3) is 0.667. The van der Waals surface area contributed by atoms with Crippen LogP contribution in [-0.4, -0.2) is 30.1 Å². The molecule has 1 fully saturated rings. The molecule has 0 aromatic carbocycles. The van der Waals surface area contributed by atoms with Gasteiger partial charge in [-0.25, -0.2) is 0 Å². The van der Waals surface area contributed by atoms with Crippen LogP contribution >= 0.6 is 11.3 Å². The Morgan fingerprint density at radius 1 is 1.60 bits per heavy atom. The molecule has 2 unspecified atom stereocenters. The highest BCUT2D eigenvalue weighted by molar-refractivity contribution is 7.07. The van der Waals surface area contributed by atoms with Gasteiger partial charge >= 0.3 is 0 Å². The van der Waals surface area contributed by atoms with Crippen molar-refractivity contribution < 1.29 is 0 Å². The fourth-order valence-corrected chi connectivity index (χ4v) is 3.00. The molecule has 0 saturated carbocycles. The first kappa shape index (κ1) is 11.1. The number of likely N-dealkylation sites (tertiary alicyclic amines) is 1. The van der Waals surface area contributed by atoms with Gasteiger partial charge in [-0.1, -0.05) is 0 Å². The van der Waals surface area contributed by atoms with E-state index in [9.17, 15) is 0 Å². The van der Waals surface area contributed by atoms with Crippen molar-refractivity contribution >= 4 is 11.3 Å². The molecule has 1 saturated heterocycles. The van der Waals surface area contributed by atoms with Crippen LogP contribution in [0.4, 0.5) is 0 Å². The molecule has 2 nitrogen and oxygen atoms in total. The van der Waals surface area contributed by atoms with Gasteiger partial charge in [-0.3, -0.25) is 0 Å². The van der Waals surface area contributed by atoms with Gasteiger partial charge in [0.25, 0.3) is 0 Å². The summed E-state index contributed by atoms with van der Waals surface area (Å²) in [6.45, 7) is 4.66. The van der Waals surface area contributed by atoms with Gasteiger partial charge < -0.3 is 10.6 Å². The van der Waals surface area contributed by atoms with Crippen LogP contribution in [0.15, 0.2) is 16.8 Å². The van der Waals surface area contributed by atoms with E-state index in [1.165, 1.54) is 25.1 Å². The first-order valence-corrected chi connectivity index (χ1v) is 6.70. The Morgan fingerprint density at radius 3 is 3.13 bits per heavy atom. The summed E-state index contributed by atoms with van der Waals surface area (Å²) in [5.41, 5.74) is 7.43. The van der Waals surface area contributed by atoms with Crippen LogP contribution in [0.1, 0.15) is 25.3 Å². The molecule has 1 aliphatic rings. The molecule has 2 atom stereocenters. The molecule has 1 aromatic rings. The first-order chi connectivity index (χ1) is 7.25. The van der Waals surface area contributed by atoms with Gasteiger partial charge in [0, 0.05) is 18.6 Å². The van der Waals surface area contributed by atoms with Crippen LogP contribution < -0.4 is 5.73 Å². The molecule has 0 radical (unpaired) electrons. The summed E-state index contributed by atoms with van der Waals surface area (Å²) < 4.78 is 0. The maximum absolute atomic E-state index is 5.95. The van der Waals surface area contributed by atoms with E-state index in [-0.39, 0.29) is 0 Å². The molecule has 2 heterocycles. The summed E-state index contributed by atoms with van der Waals surface area (Å²) in [4.78, 5) is 2.57. The van der Waals surface area contributed by atoms with Crippen molar-refractivity contribution in [2.75, 3.05) is 13.1 Å². The number of hydrogen-bond acceptors (Lipinski definition) is 3. The van der Waals surface area contributed by atoms with Crippen molar-refractivity contribution in [1.29, 1.82) is 0 Å². The number of nitrogens with two attached hydrogens (primary N) is 1. The third-order valence-electron chi connectivity index (χ3n) is 3.32. The van der Waals surface area contributed by atoms with E-state index in [4.69, 9.17) is 5.73 Å². The third-order valence-corrected chi connectivity index (χ3v) is 4.05. The summed E-state index contributed by atoms with van der Waals surface area (Å²) in [5.74, 6) is 0. The largest absolute Gasteiger partial charge is 0.328 e. The van der Waals surface area contributed by atoms with Gasteiger partial charge in [-0.15, -0.1) is 0 Å². The summed E-state index contributed by atoms with van der Waals surface area (Å²) in [7, 11) is 0. The molecule has 1 aromatic heterocycles. The molecule has 0 spiro atoms. The Hall–Kier alpha value is -0.380. The third kappa shape index (κ3) is 3.03. The zero-order chi connectivity index (χ0) is 10.7. The Bertz CT molecular complexity index is 284. The quantitative estimate of drug-likeness (QED) is 0.852. The van der Waals surface area contributed by atoms with E-state index >= 15 is 0 Å². The first-order valence-electron chi connectivity index (χ1n) is 5.76. The SMILES string of the molecule is CC1CC(N)CCN1CCc1ccsc1. The Morgan fingerprint density at radius 2 is 2.47 bits per heavy atom. The molecule has 3 heteroatoms. The van der Waals surface area contributed by atoms with Crippen molar-refractivity contribution in [2.24, 2.45) is 5.73 Å². The highest BCUT2D eigenvalue weighted by atomic mass is 32.1. The summed E-state index contributed by atoms with van der Waals surface area (Å²) in [5, 5.41) is 4.41. The predicted octanol–water partition coefficient (Wildman–Crippen LogP) is 2.10. The van der Waals surface area contributed by atoms with E-state index in [1.54, 1.807) is 11.3 Å². The number of nitrogens with zero attached hydrogens (tertiary/aromatic N) is 1.